The lowest BCUT2D eigenvalue weighted by molar-refractivity contribution is 0.524. The Balaban J connectivity index is 1.90. The number of rotatable bonds is 3. The quantitative estimate of drug-likeness (QED) is 0.858. The molecule has 0 aliphatic heterocycles. The number of imidazole rings is 1. The summed E-state index contributed by atoms with van der Waals surface area (Å²) in [6.45, 7) is 1.97. The maximum absolute atomic E-state index is 13.9. The lowest BCUT2D eigenvalue weighted by Gasteiger charge is -2.16. The highest BCUT2D eigenvalue weighted by molar-refractivity contribution is 9.10. The Bertz CT molecular complexity index is 618. The van der Waals surface area contributed by atoms with Gasteiger partial charge in [0, 0.05) is 16.7 Å². The minimum absolute atomic E-state index is 0.280. The van der Waals surface area contributed by atoms with Crippen LogP contribution in [0.1, 0.15) is 37.4 Å². The highest BCUT2D eigenvalue weighted by atomic mass is 79.9. The van der Waals surface area contributed by atoms with E-state index in [1.165, 1.54) is 31.7 Å². The SMILES string of the molecule is Cc1cn(C2CCCC2)c(Nc2ccc(Br)cc2F)n1. The summed E-state index contributed by atoms with van der Waals surface area (Å²) in [5, 5.41) is 3.12. The van der Waals surface area contributed by atoms with Crippen molar-refractivity contribution in [2.45, 2.75) is 38.6 Å². The molecule has 1 aliphatic carbocycles. The molecular weight excluding hydrogens is 321 g/mol. The van der Waals surface area contributed by atoms with E-state index in [4.69, 9.17) is 0 Å². The van der Waals surface area contributed by atoms with Gasteiger partial charge in [-0.2, -0.15) is 0 Å². The molecule has 1 aliphatic rings. The van der Waals surface area contributed by atoms with Crippen LogP contribution >= 0.6 is 15.9 Å². The van der Waals surface area contributed by atoms with Crippen LogP contribution in [0.4, 0.5) is 16.0 Å². The number of nitrogens with one attached hydrogen (secondary N) is 1. The first-order chi connectivity index (χ1) is 9.63. The Hall–Kier alpha value is -1.36. The Morgan fingerprint density at radius 1 is 1.35 bits per heavy atom. The number of aromatic nitrogens is 2. The molecule has 1 aromatic heterocycles. The number of hydrogen-bond donors (Lipinski definition) is 1. The van der Waals surface area contributed by atoms with Crippen molar-refractivity contribution in [3.8, 4) is 0 Å². The van der Waals surface area contributed by atoms with Crippen LogP contribution in [0.3, 0.4) is 0 Å². The summed E-state index contributed by atoms with van der Waals surface area (Å²) in [6.07, 6.45) is 6.91. The third kappa shape index (κ3) is 2.73. The van der Waals surface area contributed by atoms with Crippen LogP contribution < -0.4 is 5.32 Å². The second-order valence-electron chi connectivity index (χ2n) is 5.30. The Kier molecular flexibility index (Phi) is 3.78. The molecule has 106 valence electrons. The van der Waals surface area contributed by atoms with Gasteiger partial charge in [0.1, 0.15) is 5.82 Å². The lowest BCUT2D eigenvalue weighted by Crippen LogP contribution is -2.08. The molecule has 1 aromatic carbocycles. The van der Waals surface area contributed by atoms with E-state index in [-0.39, 0.29) is 5.82 Å². The van der Waals surface area contributed by atoms with Crippen LogP contribution in [-0.4, -0.2) is 9.55 Å². The molecule has 1 saturated carbocycles. The lowest BCUT2D eigenvalue weighted by atomic mass is 10.2. The molecule has 1 heterocycles. The van der Waals surface area contributed by atoms with E-state index in [1.807, 2.05) is 13.0 Å². The van der Waals surface area contributed by atoms with Gasteiger partial charge in [0.15, 0.2) is 0 Å². The highest BCUT2D eigenvalue weighted by Crippen LogP contribution is 2.33. The van der Waals surface area contributed by atoms with Gasteiger partial charge in [-0.05, 0) is 38.0 Å². The molecule has 1 fully saturated rings. The van der Waals surface area contributed by atoms with Gasteiger partial charge in [0.05, 0.1) is 11.4 Å². The monoisotopic (exact) mass is 337 g/mol. The molecule has 3 rings (SSSR count). The Morgan fingerprint density at radius 3 is 2.80 bits per heavy atom. The largest absolute Gasteiger partial charge is 0.323 e. The minimum atomic E-state index is -0.280. The number of aryl methyl sites for hydroxylation is 1. The van der Waals surface area contributed by atoms with E-state index in [9.17, 15) is 4.39 Å². The van der Waals surface area contributed by atoms with Crippen LogP contribution in [0.25, 0.3) is 0 Å². The summed E-state index contributed by atoms with van der Waals surface area (Å²) in [4.78, 5) is 4.49. The molecule has 0 amide bonds. The van der Waals surface area contributed by atoms with E-state index in [0.717, 1.165) is 16.1 Å². The predicted molar refractivity (Wildman–Crippen MR) is 81.9 cm³/mol. The molecule has 3 nitrogen and oxygen atoms in total. The van der Waals surface area contributed by atoms with Gasteiger partial charge < -0.3 is 9.88 Å². The summed E-state index contributed by atoms with van der Waals surface area (Å²) in [7, 11) is 0. The zero-order valence-corrected chi connectivity index (χ0v) is 13.0. The first-order valence-electron chi connectivity index (χ1n) is 6.91. The van der Waals surface area contributed by atoms with Gasteiger partial charge >= 0.3 is 0 Å². The van der Waals surface area contributed by atoms with Crippen molar-refractivity contribution in [1.29, 1.82) is 0 Å². The first-order valence-corrected chi connectivity index (χ1v) is 7.70. The van der Waals surface area contributed by atoms with Crippen LogP contribution in [0.5, 0.6) is 0 Å². The van der Waals surface area contributed by atoms with Crippen molar-refractivity contribution in [1.82, 2.24) is 9.55 Å². The number of nitrogens with zero attached hydrogens (tertiary/aromatic N) is 2. The summed E-state index contributed by atoms with van der Waals surface area (Å²) in [5.74, 6) is 0.452. The molecule has 2 aromatic rings. The average molecular weight is 338 g/mol. The molecule has 20 heavy (non-hydrogen) atoms. The Morgan fingerprint density at radius 2 is 2.10 bits per heavy atom. The van der Waals surface area contributed by atoms with Gasteiger partial charge in [-0.3, -0.25) is 0 Å². The molecule has 0 atom stereocenters. The molecule has 1 N–H and O–H groups in total. The fourth-order valence-corrected chi connectivity index (χ4v) is 3.11. The third-order valence-electron chi connectivity index (χ3n) is 3.75. The van der Waals surface area contributed by atoms with Gasteiger partial charge in [0.25, 0.3) is 0 Å². The zero-order valence-electron chi connectivity index (χ0n) is 11.4. The van der Waals surface area contributed by atoms with Crippen molar-refractivity contribution >= 4 is 27.6 Å². The van der Waals surface area contributed by atoms with Gasteiger partial charge in [0.2, 0.25) is 5.95 Å². The van der Waals surface area contributed by atoms with Crippen molar-refractivity contribution in [3.05, 3.63) is 40.4 Å². The van der Waals surface area contributed by atoms with Crippen molar-refractivity contribution in [2.24, 2.45) is 0 Å². The fourth-order valence-electron chi connectivity index (χ4n) is 2.78. The van der Waals surface area contributed by atoms with Crippen molar-refractivity contribution in [3.63, 3.8) is 0 Å². The molecule has 5 heteroatoms. The van der Waals surface area contributed by atoms with Crippen molar-refractivity contribution < 1.29 is 4.39 Å². The van der Waals surface area contributed by atoms with E-state index < -0.39 is 0 Å². The second-order valence-corrected chi connectivity index (χ2v) is 6.22. The summed E-state index contributed by atoms with van der Waals surface area (Å²) < 4.78 is 16.8. The molecule has 0 radical (unpaired) electrons. The van der Waals surface area contributed by atoms with E-state index in [2.05, 4.69) is 37.0 Å². The van der Waals surface area contributed by atoms with Crippen LogP contribution in [0.2, 0.25) is 0 Å². The first kappa shape index (κ1) is 13.6. The number of anilines is 2. The zero-order chi connectivity index (χ0) is 14.1. The van der Waals surface area contributed by atoms with Gasteiger partial charge in [-0.25, -0.2) is 9.37 Å². The standard InChI is InChI=1S/C15H17BrFN3/c1-10-9-20(12-4-2-3-5-12)15(18-10)19-14-7-6-11(16)8-13(14)17/h6-9,12H,2-5H2,1H3,(H,18,19). The van der Waals surface area contributed by atoms with Gasteiger partial charge in [-0.1, -0.05) is 28.8 Å². The van der Waals surface area contributed by atoms with Crippen LogP contribution in [0, 0.1) is 12.7 Å². The fraction of sp³-hybridized carbons (Fsp3) is 0.400. The normalized spacial score (nSPS) is 15.8. The molecule has 0 spiro atoms. The summed E-state index contributed by atoms with van der Waals surface area (Å²) in [6, 6.07) is 5.49. The summed E-state index contributed by atoms with van der Waals surface area (Å²) in [5.41, 5.74) is 1.41. The van der Waals surface area contributed by atoms with Gasteiger partial charge in [-0.15, -0.1) is 0 Å². The van der Waals surface area contributed by atoms with Crippen LogP contribution in [0.15, 0.2) is 28.9 Å². The second kappa shape index (κ2) is 5.56. The topological polar surface area (TPSA) is 29.9 Å². The maximum Gasteiger partial charge on any atom is 0.207 e. The van der Waals surface area contributed by atoms with Crippen molar-refractivity contribution in [2.75, 3.05) is 5.32 Å². The summed E-state index contributed by atoms with van der Waals surface area (Å²) >= 11 is 3.27. The van der Waals surface area contributed by atoms with E-state index >= 15 is 0 Å². The minimum Gasteiger partial charge on any atom is -0.323 e. The average Bonchev–Trinajstić information content (AvgIpc) is 3.02. The highest BCUT2D eigenvalue weighted by Gasteiger charge is 2.20. The van der Waals surface area contributed by atoms with E-state index in [0.29, 0.717) is 11.7 Å². The third-order valence-corrected chi connectivity index (χ3v) is 4.24. The van der Waals surface area contributed by atoms with E-state index in [1.54, 1.807) is 6.07 Å². The number of halogens is 2. The molecule has 0 bridgehead atoms. The smallest absolute Gasteiger partial charge is 0.207 e. The molecular formula is C15H17BrFN3. The number of hydrogen-bond acceptors (Lipinski definition) is 2. The predicted octanol–water partition coefficient (Wildman–Crippen LogP) is 4.95. The maximum atomic E-state index is 13.9. The molecule has 0 saturated heterocycles. The number of benzene rings is 1. The Labute approximate surface area is 126 Å². The van der Waals surface area contributed by atoms with Crippen LogP contribution in [-0.2, 0) is 0 Å². The molecule has 0 unspecified atom stereocenters.